The first-order valence-corrected chi connectivity index (χ1v) is 11.8. The SMILES string of the molecule is Cc1cccc(N2C(=O)/C(=C3/Sc4ccc(Cl)cc4N3C)SC2=Nc2cccc(O)c2)c1. The molecule has 0 spiro atoms. The van der Waals surface area contributed by atoms with Gasteiger partial charge in [0.2, 0.25) is 0 Å². The van der Waals surface area contributed by atoms with Crippen LogP contribution in [0.25, 0.3) is 0 Å². The Labute approximate surface area is 199 Å². The van der Waals surface area contributed by atoms with E-state index in [4.69, 9.17) is 16.6 Å². The van der Waals surface area contributed by atoms with Crippen LogP contribution in [0.4, 0.5) is 17.1 Å². The monoisotopic (exact) mass is 479 g/mol. The summed E-state index contributed by atoms with van der Waals surface area (Å²) in [6.07, 6.45) is 0. The molecule has 0 atom stereocenters. The van der Waals surface area contributed by atoms with Crippen LogP contribution >= 0.6 is 35.1 Å². The van der Waals surface area contributed by atoms with Gasteiger partial charge in [-0.15, -0.1) is 0 Å². The van der Waals surface area contributed by atoms with E-state index in [1.165, 1.54) is 11.8 Å². The maximum absolute atomic E-state index is 13.7. The van der Waals surface area contributed by atoms with Crippen LogP contribution in [0.2, 0.25) is 5.02 Å². The number of phenols is 1. The fraction of sp³-hybridized carbons (Fsp3) is 0.0833. The quantitative estimate of drug-likeness (QED) is 0.423. The van der Waals surface area contributed by atoms with Crippen molar-refractivity contribution in [1.29, 1.82) is 0 Å². The van der Waals surface area contributed by atoms with Gasteiger partial charge in [-0.1, -0.05) is 41.6 Å². The third-order valence-electron chi connectivity index (χ3n) is 5.08. The van der Waals surface area contributed by atoms with Crippen molar-refractivity contribution in [1.82, 2.24) is 0 Å². The number of aryl methyl sites for hydroxylation is 1. The highest BCUT2D eigenvalue weighted by Gasteiger charge is 2.40. The summed E-state index contributed by atoms with van der Waals surface area (Å²) in [5.41, 5.74) is 3.35. The van der Waals surface area contributed by atoms with Crippen LogP contribution < -0.4 is 9.80 Å². The number of hydrogen-bond donors (Lipinski definition) is 1. The number of aromatic hydroxyl groups is 1. The molecule has 5 rings (SSSR count). The molecule has 2 aliphatic heterocycles. The van der Waals surface area contributed by atoms with Crippen molar-refractivity contribution in [3.05, 3.63) is 87.3 Å². The Morgan fingerprint density at radius 3 is 2.59 bits per heavy atom. The topological polar surface area (TPSA) is 56.1 Å². The number of halogens is 1. The highest BCUT2D eigenvalue weighted by Crippen LogP contribution is 2.51. The van der Waals surface area contributed by atoms with E-state index in [9.17, 15) is 9.90 Å². The van der Waals surface area contributed by atoms with Gasteiger partial charge in [0.1, 0.15) is 10.7 Å². The fourth-order valence-corrected chi connectivity index (χ4v) is 6.06. The molecule has 8 heteroatoms. The molecule has 1 saturated heterocycles. The van der Waals surface area contributed by atoms with E-state index in [2.05, 4.69) is 0 Å². The predicted molar refractivity (Wildman–Crippen MR) is 134 cm³/mol. The number of phenolic OH excluding ortho intramolecular Hbond substituents is 1. The Balaban J connectivity index is 1.62. The molecule has 3 aromatic rings. The van der Waals surface area contributed by atoms with E-state index in [0.717, 1.165) is 26.9 Å². The Morgan fingerprint density at radius 2 is 1.81 bits per heavy atom. The largest absolute Gasteiger partial charge is 0.508 e. The molecular weight excluding hydrogens is 462 g/mol. The first-order chi connectivity index (χ1) is 15.4. The molecule has 0 saturated carbocycles. The zero-order valence-electron chi connectivity index (χ0n) is 17.2. The van der Waals surface area contributed by atoms with Crippen LogP contribution in [-0.2, 0) is 4.79 Å². The summed E-state index contributed by atoms with van der Waals surface area (Å²) < 4.78 is 0. The van der Waals surface area contributed by atoms with Crippen LogP contribution in [0.15, 0.2) is 86.6 Å². The zero-order chi connectivity index (χ0) is 22.4. The minimum atomic E-state index is -0.132. The lowest BCUT2D eigenvalue weighted by atomic mass is 10.2. The molecule has 0 aromatic heterocycles. The van der Waals surface area contributed by atoms with Gasteiger partial charge in [0.05, 0.1) is 22.1 Å². The van der Waals surface area contributed by atoms with Crippen molar-refractivity contribution < 1.29 is 9.90 Å². The van der Waals surface area contributed by atoms with E-state index in [-0.39, 0.29) is 11.7 Å². The van der Waals surface area contributed by atoms with Crippen LogP contribution in [0.5, 0.6) is 5.75 Å². The van der Waals surface area contributed by atoms with Gasteiger partial charge in [-0.2, -0.15) is 0 Å². The van der Waals surface area contributed by atoms with Gasteiger partial charge in [0.25, 0.3) is 5.91 Å². The number of carbonyl (C=O) groups excluding carboxylic acids is 1. The second-order valence-corrected chi connectivity index (χ2v) is 9.85. The van der Waals surface area contributed by atoms with E-state index in [1.54, 1.807) is 40.9 Å². The van der Waals surface area contributed by atoms with Crippen molar-refractivity contribution in [3.8, 4) is 5.75 Å². The first-order valence-electron chi connectivity index (χ1n) is 9.83. The Bertz CT molecular complexity index is 1320. The number of carbonyl (C=O) groups is 1. The molecule has 2 aliphatic rings. The van der Waals surface area contributed by atoms with Gasteiger partial charge >= 0.3 is 0 Å². The maximum atomic E-state index is 13.7. The van der Waals surface area contributed by atoms with Crippen molar-refractivity contribution >= 4 is 63.3 Å². The molecule has 1 N–H and O–H groups in total. The molecule has 0 unspecified atom stereocenters. The minimum Gasteiger partial charge on any atom is -0.508 e. The normalized spacial score (nSPS) is 19.2. The summed E-state index contributed by atoms with van der Waals surface area (Å²) in [7, 11) is 1.94. The Morgan fingerprint density at radius 1 is 1.00 bits per heavy atom. The van der Waals surface area contributed by atoms with Crippen molar-refractivity contribution in [2.45, 2.75) is 11.8 Å². The van der Waals surface area contributed by atoms with E-state index >= 15 is 0 Å². The lowest BCUT2D eigenvalue weighted by molar-refractivity contribution is -0.113. The van der Waals surface area contributed by atoms with E-state index < -0.39 is 0 Å². The molecule has 2 heterocycles. The smallest absolute Gasteiger partial charge is 0.274 e. The standard InChI is InChI=1S/C24H18ClN3O2S2/c1-14-5-3-7-17(11-14)28-22(30)21(32-24(28)26-16-6-4-8-18(29)13-16)23-27(2)19-12-15(25)9-10-20(19)31-23/h3-13,29H,1-2H3/b23-21-,26-24?. The van der Waals surface area contributed by atoms with Crippen LogP contribution in [0, 0.1) is 6.92 Å². The Kier molecular flexibility index (Phi) is 5.41. The van der Waals surface area contributed by atoms with Gasteiger partial charge in [-0.05, 0) is 66.7 Å². The number of nitrogens with zero attached hydrogens (tertiary/aromatic N) is 3. The minimum absolute atomic E-state index is 0.125. The van der Waals surface area contributed by atoms with E-state index in [0.29, 0.717) is 20.8 Å². The van der Waals surface area contributed by atoms with Crippen molar-refractivity contribution in [3.63, 3.8) is 0 Å². The van der Waals surface area contributed by atoms with Crippen LogP contribution in [0.1, 0.15) is 5.56 Å². The molecule has 0 aliphatic carbocycles. The summed E-state index contributed by atoms with van der Waals surface area (Å²) in [5, 5.41) is 11.9. The summed E-state index contributed by atoms with van der Waals surface area (Å²) >= 11 is 9.08. The summed E-state index contributed by atoms with van der Waals surface area (Å²) in [4.78, 5) is 23.7. The third-order valence-corrected chi connectivity index (χ3v) is 7.71. The second kappa shape index (κ2) is 8.24. The van der Waals surface area contributed by atoms with Gasteiger partial charge in [-0.25, -0.2) is 4.99 Å². The van der Waals surface area contributed by atoms with E-state index in [1.807, 2.05) is 61.3 Å². The highest BCUT2D eigenvalue weighted by atomic mass is 35.5. The molecule has 5 nitrogen and oxygen atoms in total. The van der Waals surface area contributed by atoms with Crippen molar-refractivity contribution in [2.24, 2.45) is 4.99 Å². The van der Waals surface area contributed by atoms with Crippen LogP contribution in [0.3, 0.4) is 0 Å². The summed E-state index contributed by atoms with van der Waals surface area (Å²) in [6, 6.07) is 20.2. The average Bonchev–Trinajstić information content (AvgIpc) is 3.24. The number of hydrogen-bond acceptors (Lipinski definition) is 6. The number of anilines is 2. The van der Waals surface area contributed by atoms with Gasteiger partial charge in [0, 0.05) is 23.0 Å². The number of thioether (sulfide) groups is 2. The lowest BCUT2D eigenvalue weighted by Gasteiger charge is -2.17. The number of amidine groups is 1. The molecular formula is C24H18ClN3O2S2. The molecule has 1 fully saturated rings. The predicted octanol–water partition coefficient (Wildman–Crippen LogP) is 6.53. The van der Waals surface area contributed by atoms with Gasteiger partial charge in [0.15, 0.2) is 5.17 Å². The molecule has 0 bridgehead atoms. The lowest BCUT2D eigenvalue weighted by Crippen LogP contribution is -2.29. The number of benzene rings is 3. The molecule has 0 radical (unpaired) electrons. The molecule has 160 valence electrons. The second-order valence-electron chi connectivity index (χ2n) is 7.40. The van der Waals surface area contributed by atoms with Crippen LogP contribution in [-0.4, -0.2) is 23.2 Å². The fourth-order valence-electron chi connectivity index (χ4n) is 3.56. The first kappa shape index (κ1) is 21.0. The summed E-state index contributed by atoms with van der Waals surface area (Å²) in [5.74, 6) is -0.00646. The highest BCUT2D eigenvalue weighted by molar-refractivity contribution is 8.20. The number of amides is 1. The molecule has 32 heavy (non-hydrogen) atoms. The number of aliphatic imine (C=N–C) groups is 1. The van der Waals surface area contributed by atoms with Crippen molar-refractivity contribution in [2.75, 3.05) is 16.8 Å². The zero-order valence-corrected chi connectivity index (χ0v) is 19.6. The molecule has 1 amide bonds. The van der Waals surface area contributed by atoms with Gasteiger partial charge in [-0.3, -0.25) is 9.69 Å². The summed E-state index contributed by atoms with van der Waals surface area (Å²) in [6.45, 7) is 1.99. The number of fused-ring (bicyclic) bond motifs is 1. The van der Waals surface area contributed by atoms with Gasteiger partial charge < -0.3 is 10.0 Å². The third kappa shape index (κ3) is 3.77. The Hall–Kier alpha value is -2.87. The number of rotatable bonds is 2. The molecule has 3 aromatic carbocycles. The maximum Gasteiger partial charge on any atom is 0.274 e. The average molecular weight is 480 g/mol.